The van der Waals surface area contributed by atoms with Gasteiger partial charge in [0.15, 0.2) is 5.82 Å². The third kappa shape index (κ3) is 2.07. The van der Waals surface area contributed by atoms with Gasteiger partial charge in [-0.3, -0.25) is 4.90 Å². The van der Waals surface area contributed by atoms with Crippen LogP contribution in [0.1, 0.15) is 43.5 Å². The number of carbonyl (C=O) groups excluding carboxylic acids is 1. The zero-order chi connectivity index (χ0) is 14.1. The third-order valence-electron chi connectivity index (χ3n) is 4.06. The number of piperidine rings is 1. The summed E-state index contributed by atoms with van der Waals surface area (Å²) in [5, 5.41) is 8.26. The Morgan fingerprint density at radius 3 is 3.15 bits per heavy atom. The van der Waals surface area contributed by atoms with Crippen molar-refractivity contribution in [1.82, 2.24) is 15.1 Å². The number of hydrogen-bond acceptors (Lipinski definition) is 6. The first-order chi connectivity index (χ1) is 9.74. The van der Waals surface area contributed by atoms with E-state index in [0.717, 1.165) is 36.9 Å². The van der Waals surface area contributed by atoms with E-state index >= 15 is 0 Å². The van der Waals surface area contributed by atoms with Crippen molar-refractivity contribution in [2.75, 3.05) is 12.0 Å². The molecule has 2 atom stereocenters. The molecule has 3 N–H and O–H groups in total. The molecule has 108 valence electrons. The third-order valence-corrected chi connectivity index (χ3v) is 4.06. The molecule has 0 spiro atoms. The van der Waals surface area contributed by atoms with Gasteiger partial charge in [0, 0.05) is 18.0 Å². The van der Waals surface area contributed by atoms with E-state index in [9.17, 15) is 4.79 Å². The highest BCUT2D eigenvalue weighted by molar-refractivity contribution is 5.70. The van der Waals surface area contributed by atoms with Gasteiger partial charge in [-0.1, -0.05) is 0 Å². The molecule has 2 aliphatic rings. The van der Waals surface area contributed by atoms with Crippen LogP contribution >= 0.6 is 0 Å². The van der Waals surface area contributed by atoms with Crippen LogP contribution in [-0.4, -0.2) is 33.8 Å². The Hall–Kier alpha value is -1.89. The minimum absolute atomic E-state index is 0.0270. The molecule has 2 aliphatic heterocycles. The molecular weight excluding hydrogens is 258 g/mol. The fourth-order valence-corrected chi connectivity index (χ4v) is 3.23. The molecule has 0 radical (unpaired) electrons. The lowest BCUT2D eigenvalue weighted by Gasteiger charge is -2.45. The highest BCUT2D eigenvalue weighted by Gasteiger charge is 2.41. The smallest absolute Gasteiger partial charge is 0.410 e. The van der Waals surface area contributed by atoms with E-state index in [1.54, 1.807) is 0 Å². The Morgan fingerprint density at radius 2 is 2.40 bits per heavy atom. The first-order valence-electron chi connectivity index (χ1n) is 7.02. The van der Waals surface area contributed by atoms with E-state index in [1.807, 2.05) is 17.9 Å². The lowest BCUT2D eigenvalue weighted by molar-refractivity contribution is 0.0403. The molecule has 7 heteroatoms. The number of rotatable bonds is 2. The normalized spacial score (nSPS) is 24.0. The van der Waals surface area contributed by atoms with Gasteiger partial charge in [0.25, 0.3) is 0 Å². The molecule has 20 heavy (non-hydrogen) atoms. The zero-order valence-corrected chi connectivity index (χ0v) is 11.5. The first kappa shape index (κ1) is 13.1. The molecule has 1 aromatic rings. The lowest BCUT2D eigenvalue weighted by Crippen LogP contribution is -2.50. The number of nitrogens with zero attached hydrogens (tertiary/aromatic N) is 3. The second-order valence-corrected chi connectivity index (χ2v) is 5.19. The van der Waals surface area contributed by atoms with Gasteiger partial charge < -0.3 is 10.2 Å². The Kier molecular flexibility index (Phi) is 3.43. The molecule has 0 saturated carbocycles. The molecule has 1 saturated heterocycles. The van der Waals surface area contributed by atoms with E-state index in [2.05, 4.69) is 15.6 Å². The molecule has 3 rings (SSSR count). The second kappa shape index (κ2) is 5.24. The van der Waals surface area contributed by atoms with Gasteiger partial charge in [-0.15, -0.1) is 5.10 Å². The number of fused-ring (bicyclic) bond motifs is 4. The lowest BCUT2D eigenvalue weighted by atomic mass is 9.83. The van der Waals surface area contributed by atoms with Crippen molar-refractivity contribution in [2.24, 2.45) is 5.84 Å². The van der Waals surface area contributed by atoms with Gasteiger partial charge in [-0.2, -0.15) is 5.10 Å². The van der Waals surface area contributed by atoms with Crippen LogP contribution in [0, 0.1) is 0 Å². The Labute approximate surface area is 117 Å². The van der Waals surface area contributed by atoms with E-state index in [0.29, 0.717) is 12.4 Å². The van der Waals surface area contributed by atoms with E-state index in [-0.39, 0.29) is 18.2 Å². The number of amides is 1. The molecule has 3 heterocycles. The fourth-order valence-electron chi connectivity index (χ4n) is 3.23. The van der Waals surface area contributed by atoms with Crippen molar-refractivity contribution in [3.05, 3.63) is 17.3 Å². The van der Waals surface area contributed by atoms with Crippen molar-refractivity contribution in [3.63, 3.8) is 0 Å². The van der Waals surface area contributed by atoms with Crippen LogP contribution in [0.4, 0.5) is 10.6 Å². The van der Waals surface area contributed by atoms with Gasteiger partial charge >= 0.3 is 6.09 Å². The first-order valence-corrected chi connectivity index (χ1v) is 7.02. The molecule has 0 aromatic carbocycles. The fraction of sp³-hybridized carbons (Fsp3) is 0.615. The molecule has 2 bridgehead atoms. The summed E-state index contributed by atoms with van der Waals surface area (Å²) >= 11 is 0. The summed E-state index contributed by atoms with van der Waals surface area (Å²) in [4.78, 5) is 14.1. The van der Waals surface area contributed by atoms with Gasteiger partial charge in [0.1, 0.15) is 0 Å². The average Bonchev–Trinajstić information content (AvgIpc) is 2.46. The molecule has 7 nitrogen and oxygen atoms in total. The Balaban J connectivity index is 1.98. The Bertz CT molecular complexity index is 521. The minimum atomic E-state index is -0.230. The quantitative estimate of drug-likeness (QED) is 0.626. The topological polar surface area (TPSA) is 93.4 Å². The van der Waals surface area contributed by atoms with Crippen LogP contribution in [0.2, 0.25) is 0 Å². The number of nitrogens with two attached hydrogens (primary N) is 1. The van der Waals surface area contributed by atoms with Crippen LogP contribution in [0.3, 0.4) is 0 Å². The van der Waals surface area contributed by atoms with Crippen molar-refractivity contribution in [1.29, 1.82) is 0 Å². The van der Waals surface area contributed by atoms with Crippen LogP contribution in [-0.2, 0) is 11.2 Å². The Morgan fingerprint density at radius 1 is 1.55 bits per heavy atom. The van der Waals surface area contributed by atoms with Crippen molar-refractivity contribution in [2.45, 2.75) is 44.7 Å². The van der Waals surface area contributed by atoms with Crippen LogP contribution in [0.15, 0.2) is 6.07 Å². The average molecular weight is 277 g/mol. The summed E-state index contributed by atoms with van der Waals surface area (Å²) in [6.45, 7) is 2.22. The maximum atomic E-state index is 12.2. The van der Waals surface area contributed by atoms with Crippen LogP contribution < -0.4 is 11.3 Å². The van der Waals surface area contributed by atoms with Gasteiger partial charge in [0.2, 0.25) is 0 Å². The number of nitrogen functional groups attached to an aromatic ring is 1. The van der Waals surface area contributed by atoms with Gasteiger partial charge in [-0.05, 0) is 32.3 Å². The molecule has 2 unspecified atom stereocenters. The predicted octanol–water partition coefficient (Wildman–Crippen LogP) is 1.37. The van der Waals surface area contributed by atoms with E-state index in [4.69, 9.17) is 10.6 Å². The zero-order valence-electron chi connectivity index (χ0n) is 11.5. The van der Waals surface area contributed by atoms with Crippen LogP contribution in [0.5, 0.6) is 0 Å². The molecule has 1 amide bonds. The van der Waals surface area contributed by atoms with Gasteiger partial charge in [0.05, 0.1) is 18.3 Å². The number of aromatic nitrogens is 2. The predicted molar refractivity (Wildman–Crippen MR) is 72.8 cm³/mol. The second-order valence-electron chi connectivity index (χ2n) is 5.19. The largest absolute Gasteiger partial charge is 0.450 e. The molecule has 1 fully saturated rings. The van der Waals surface area contributed by atoms with Crippen molar-refractivity contribution in [3.8, 4) is 0 Å². The standard InChI is InChI=1S/C13H19N5O2/c1-2-20-13(19)18-8-4-3-5-11(18)9-7-12(15-14)17-16-10(9)6-8/h7-8,11H,2-6,14H2,1H3,(H,15,17). The summed E-state index contributed by atoms with van der Waals surface area (Å²) in [5.74, 6) is 5.92. The SMILES string of the molecule is CCOC(=O)N1C2CCCC1c1cc(NN)nnc1C2. The number of hydrogen-bond donors (Lipinski definition) is 2. The number of nitrogens with one attached hydrogen (secondary N) is 1. The summed E-state index contributed by atoms with van der Waals surface area (Å²) in [6.07, 6.45) is 3.54. The van der Waals surface area contributed by atoms with Crippen molar-refractivity contribution < 1.29 is 9.53 Å². The summed E-state index contributed by atoms with van der Waals surface area (Å²) in [5.41, 5.74) is 4.52. The maximum Gasteiger partial charge on any atom is 0.410 e. The number of hydrazine groups is 1. The van der Waals surface area contributed by atoms with E-state index in [1.165, 1.54) is 0 Å². The van der Waals surface area contributed by atoms with E-state index < -0.39 is 0 Å². The highest BCUT2D eigenvalue weighted by atomic mass is 16.6. The number of carbonyl (C=O) groups is 1. The molecule has 0 aliphatic carbocycles. The number of anilines is 1. The summed E-state index contributed by atoms with van der Waals surface area (Å²) < 4.78 is 5.20. The highest BCUT2D eigenvalue weighted by Crippen LogP contribution is 2.41. The monoisotopic (exact) mass is 277 g/mol. The van der Waals surface area contributed by atoms with Crippen molar-refractivity contribution >= 4 is 11.9 Å². The molecule has 1 aromatic heterocycles. The van der Waals surface area contributed by atoms with Crippen LogP contribution in [0.25, 0.3) is 0 Å². The van der Waals surface area contributed by atoms with Gasteiger partial charge in [-0.25, -0.2) is 10.6 Å². The maximum absolute atomic E-state index is 12.2. The molecular formula is C13H19N5O2. The number of ether oxygens (including phenoxy) is 1. The minimum Gasteiger partial charge on any atom is -0.450 e. The summed E-state index contributed by atoms with van der Waals surface area (Å²) in [6, 6.07) is 2.09. The summed E-state index contributed by atoms with van der Waals surface area (Å²) in [7, 11) is 0.